The molecule has 2 aliphatic rings. The number of carbonyl (C=O) groups excluding carboxylic acids is 1. The van der Waals surface area contributed by atoms with Crippen LogP contribution in [0.5, 0.6) is 0 Å². The van der Waals surface area contributed by atoms with E-state index in [1.165, 1.54) is 0 Å². The van der Waals surface area contributed by atoms with E-state index in [-0.39, 0.29) is 11.9 Å². The van der Waals surface area contributed by atoms with E-state index in [1.807, 2.05) is 11.9 Å². The fourth-order valence-electron chi connectivity index (χ4n) is 4.43. The fraction of sp³-hybridized carbons (Fsp3) is 0.550. The molecule has 28 heavy (non-hydrogen) atoms. The Hall–Kier alpha value is -2.79. The van der Waals surface area contributed by atoms with Gasteiger partial charge in [0, 0.05) is 45.5 Å². The zero-order valence-electron chi connectivity index (χ0n) is 16.5. The lowest BCUT2D eigenvalue weighted by Crippen LogP contribution is -2.46. The molecule has 2 aliphatic heterocycles. The van der Waals surface area contributed by atoms with Crippen LogP contribution >= 0.6 is 0 Å². The number of nitrogens with zero attached hydrogens (tertiary/aromatic N) is 6. The molecule has 0 bridgehead atoms. The van der Waals surface area contributed by atoms with Crippen molar-refractivity contribution in [3.8, 4) is 6.07 Å². The summed E-state index contributed by atoms with van der Waals surface area (Å²) >= 11 is 0. The van der Waals surface area contributed by atoms with Gasteiger partial charge < -0.3 is 20.1 Å². The number of primary amides is 1. The van der Waals surface area contributed by atoms with Crippen molar-refractivity contribution in [1.82, 2.24) is 14.5 Å². The molecule has 1 amide bonds. The number of imidazole rings is 1. The predicted octanol–water partition coefficient (Wildman–Crippen LogP) is 0.919. The van der Waals surface area contributed by atoms with Crippen molar-refractivity contribution in [3.05, 3.63) is 18.2 Å². The molecule has 4 rings (SSSR count). The summed E-state index contributed by atoms with van der Waals surface area (Å²) in [5, 5.41) is 8.86. The van der Waals surface area contributed by atoms with Gasteiger partial charge in [0.25, 0.3) is 0 Å². The maximum atomic E-state index is 11.9. The number of amides is 1. The lowest BCUT2D eigenvalue weighted by atomic mass is 10.1. The van der Waals surface area contributed by atoms with Crippen LogP contribution in [0.25, 0.3) is 11.0 Å². The summed E-state index contributed by atoms with van der Waals surface area (Å²) < 4.78 is 2.05. The Morgan fingerprint density at radius 1 is 1.32 bits per heavy atom. The van der Waals surface area contributed by atoms with E-state index in [0.717, 1.165) is 61.8 Å². The Morgan fingerprint density at radius 2 is 2.07 bits per heavy atom. The van der Waals surface area contributed by atoms with Gasteiger partial charge in [0.05, 0.1) is 23.6 Å². The standard InChI is InChI=1S/C20H27N7O/c1-14-11-18(19(22)28)27(13-14)20-23-16-12-15(3-4-17(16)24(20)2)26-9-7-25(6-5-21)8-10-26/h3-4,12,14,18H,6-11,13H2,1-2H3,(H2,22,28)/t14-,18-/m0/s1. The van der Waals surface area contributed by atoms with Crippen LogP contribution in [0.3, 0.4) is 0 Å². The first-order chi connectivity index (χ1) is 13.5. The molecule has 3 heterocycles. The molecular formula is C20H27N7O. The third kappa shape index (κ3) is 3.27. The van der Waals surface area contributed by atoms with Gasteiger partial charge in [-0.2, -0.15) is 5.26 Å². The summed E-state index contributed by atoms with van der Waals surface area (Å²) in [7, 11) is 1.99. The number of aromatic nitrogens is 2. The van der Waals surface area contributed by atoms with E-state index in [1.54, 1.807) is 0 Å². The molecule has 2 fully saturated rings. The zero-order valence-corrected chi connectivity index (χ0v) is 16.5. The van der Waals surface area contributed by atoms with E-state index >= 15 is 0 Å². The van der Waals surface area contributed by atoms with Crippen molar-refractivity contribution in [2.75, 3.05) is 49.1 Å². The minimum atomic E-state index is -0.293. The summed E-state index contributed by atoms with van der Waals surface area (Å²) in [6.07, 6.45) is 0.775. The summed E-state index contributed by atoms with van der Waals surface area (Å²) in [5.74, 6) is 0.934. The summed E-state index contributed by atoms with van der Waals surface area (Å²) in [6, 6.07) is 8.28. The lowest BCUT2D eigenvalue weighted by molar-refractivity contribution is -0.119. The van der Waals surface area contributed by atoms with Crippen molar-refractivity contribution in [2.45, 2.75) is 19.4 Å². The Balaban J connectivity index is 1.60. The number of anilines is 2. The van der Waals surface area contributed by atoms with Crippen LogP contribution in [0.15, 0.2) is 18.2 Å². The number of piperazine rings is 1. The number of rotatable bonds is 4. The average Bonchev–Trinajstić information content (AvgIpc) is 3.22. The van der Waals surface area contributed by atoms with Gasteiger partial charge in [-0.15, -0.1) is 0 Å². The molecule has 0 radical (unpaired) electrons. The Kier molecular flexibility index (Phi) is 4.85. The monoisotopic (exact) mass is 381 g/mol. The minimum Gasteiger partial charge on any atom is -0.369 e. The van der Waals surface area contributed by atoms with Crippen molar-refractivity contribution in [1.29, 1.82) is 5.26 Å². The topological polar surface area (TPSA) is 94.4 Å². The van der Waals surface area contributed by atoms with Gasteiger partial charge in [-0.25, -0.2) is 4.98 Å². The van der Waals surface area contributed by atoms with Gasteiger partial charge in [-0.05, 0) is 30.5 Å². The molecule has 1 aromatic carbocycles. The molecule has 8 heteroatoms. The van der Waals surface area contributed by atoms with Gasteiger partial charge in [0.2, 0.25) is 11.9 Å². The molecule has 0 aliphatic carbocycles. The third-order valence-corrected chi connectivity index (χ3v) is 5.97. The largest absolute Gasteiger partial charge is 0.369 e. The maximum Gasteiger partial charge on any atom is 0.240 e. The first-order valence-corrected chi connectivity index (χ1v) is 9.84. The SMILES string of the molecule is C[C@H]1C[C@@H](C(N)=O)N(c2nc3cc(N4CCN(CC#N)CC4)ccc3n2C)C1. The molecule has 0 saturated carbocycles. The van der Waals surface area contributed by atoms with E-state index in [4.69, 9.17) is 16.0 Å². The Morgan fingerprint density at radius 3 is 2.75 bits per heavy atom. The first kappa shape index (κ1) is 18.6. The zero-order chi connectivity index (χ0) is 19.8. The Bertz CT molecular complexity index is 923. The van der Waals surface area contributed by atoms with Crippen LogP contribution in [0.1, 0.15) is 13.3 Å². The smallest absolute Gasteiger partial charge is 0.240 e. The quantitative estimate of drug-likeness (QED) is 0.792. The van der Waals surface area contributed by atoms with Crippen LogP contribution < -0.4 is 15.5 Å². The molecule has 2 aromatic rings. The van der Waals surface area contributed by atoms with E-state index in [0.29, 0.717) is 12.5 Å². The minimum absolute atomic E-state index is 0.285. The van der Waals surface area contributed by atoms with Crippen LogP contribution in [0.2, 0.25) is 0 Å². The van der Waals surface area contributed by atoms with Crippen LogP contribution in [0, 0.1) is 17.2 Å². The highest BCUT2D eigenvalue weighted by Gasteiger charge is 2.36. The van der Waals surface area contributed by atoms with Crippen molar-refractivity contribution in [3.63, 3.8) is 0 Å². The third-order valence-electron chi connectivity index (χ3n) is 5.97. The number of hydrogen-bond acceptors (Lipinski definition) is 6. The van der Waals surface area contributed by atoms with Crippen LogP contribution in [-0.4, -0.2) is 65.7 Å². The number of benzene rings is 1. The summed E-state index contributed by atoms with van der Waals surface area (Å²) in [5.41, 5.74) is 8.76. The number of carbonyl (C=O) groups is 1. The molecular weight excluding hydrogens is 354 g/mol. The Labute approximate surface area is 165 Å². The van der Waals surface area contributed by atoms with E-state index < -0.39 is 0 Å². The van der Waals surface area contributed by atoms with Crippen LogP contribution in [-0.2, 0) is 11.8 Å². The van der Waals surface area contributed by atoms with E-state index in [2.05, 4.69) is 45.6 Å². The second-order valence-corrected chi connectivity index (χ2v) is 7.98. The number of hydrogen-bond donors (Lipinski definition) is 1. The summed E-state index contributed by atoms with van der Waals surface area (Å²) in [4.78, 5) is 23.3. The van der Waals surface area contributed by atoms with Crippen molar-refractivity contribution < 1.29 is 4.79 Å². The first-order valence-electron chi connectivity index (χ1n) is 9.84. The predicted molar refractivity (Wildman–Crippen MR) is 109 cm³/mol. The molecule has 2 atom stereocenters. The summed E-state index contributed by atoms with van der Waals surface area (Å²) in [6.45, 7) is 7.02. The number of aryl methyl sites for hydroxylation is 1. The van der Waals surface area contributed by atoms with Gasteiger partial charge in [-0.3, -0.25) is 9.69 Å². The highest BCUT2D eigenvalue weighted by molar-refractivity contribution is 5.86. The molecule has 2 N–H and O–H groups in total. The molecule has 1 aromatic heterocycles. The number of nitrogens with two attached hydrogens (primary N) is 1. The van der Waals surface area contributed by atoms with Gasteiger partial charge in [-0.1, -0.05) is 6.92 Å². The van der Waals surface area contributed by atoms with Gasteiger partial charge in [0.1, 0.15) is 6.04 Å². The molecule has 148 valence electrons. The molecule has 2 saturated heterocycles. The van der Waals surface area contributed by atoms with E-state index in [9.17, 15) is 4.79 Å². The average molecular weight is 381 g/mol. The maximum absolute atomic E-state index is 11.9. The fourth-order valence-corrected chi connectivity index (χ4v) is 4.43. The second-order valence-electron chi connectivity index (χ2n) is 7.98. The normalized spacial score (nSPS) is 23.3. The number of nitriles is 1. The molecule has 8 nitrogen and oxygen atoms in total. The highest BCUT2D eigenvalue weighted by atomic mass is 16.1. The number of fused-ring (bicyclic) bond motifs is 1. The highest BCUT2D eigenvalue weighted by Crippen LogP contribution is 2.32. The van der Waals surface area contributed by atoms with Crippen LogP contribution in [0.4, 0.5) is 11.6 Å². The lowest BCUT2D eigenvalue weighted by Gasteiger charge is -2.34. The molecule has 0 spiro atoms. The van der Waals surface area contributed by atoms with Crippen molar-refractivity contribution in [2.24, 2.45) is 18.7 Å². The van der Waals surface area contributed by atoms with Gasteiger partial charge >= 0.3 is 0 Å². The van der Waals surface area contributed by atoms with Gasteiger partial charge in [0.15, 0.2) is 0 Å². The molecule has 0 unspecified atom stereocenters. The second kappa shape index (κ2) is 7.32. The van der Waals surface area contributed by atoms with Crippen molar-refractivity contribution >= 4 is 28.6 Å².